The first kappa shape index (κ1) is 23.7. The topological polar surface area (TPSA) is 50.4 Å². The van der Waals surface area contributed by atoms with Gasteiger partial charge in [-0.05, 0) is 48.2 Å². The van der Waals surface area contributed by atoms with Crippen LogP contribution in [0.25, 0.3) is 0 Å². The Morgan fingerprint density at radius 1 is 0.882 bits per heavy atom. The summed E-state index contributed by atoms with van der Waals surface area (Å²) in [6.07, 6.45) is 7.27. The number of hydrogen-bond acceptors (Lipinski definition) is 3. The van der Waals surface area contributed by atoms with Crippen LogP contribution >= 0.6 is 0 Å². The van der Waals surface area contributed by atoms with Crippen molar-refractivity contribution in [3.05, 3.63) is 83.9 Å². The number of amides is 1. The van der Waals surface area contributed by atoms with E-state index in [1.807, 2.05) is 30.3 Å². The highest BCUT2D eigenvalue weighted by atomic mass is 19.1. The van der Waals surface area contributed by atoms with Gasteiger partial charge < -0.3 is 15.4 Å². The number of ether oxygens (including phenoxy) is 1. The van der Waals surface area contributed by atoms with E-state index in [1.165, 1.54) is 56.4 Å². The van der Waals surface area contributed by atoms with E-state index in [2.05, 4.69) is 10.6 Å². The molecule has 1 saturated carbocycles. The highest BCUT2D eigenvalue weighted by Gasteiger charge is 2.16. The number of halogens is 2. The zero-order valence-electron chi connectivity index (χ0n) is 19.2. The van der Waals surface area contributed by atoms with Gasteiger partial charge in [0.2, 0.25) is 5.91 Å². The lowest BCUT2D eigenvalue weighted by atomic mass is 9.86. The summed E-state index contributed by atoms with van der Waals surface area (Å²) in [5.74, 6) is -0.223. The van der Waals surface area contributed by atoms with Crippen molar-refractivity contribution in [1.82, 2.24) is 0 Å². The first-order valence-corrected chi connectivity index (χ1v) is 11.9. The number of benzene rings is 3. The fourth-order valence-electron chi connectivity index (χ4n) is 4.31. The fourth-order valence-corrected chi connectivity index (χ4v) is 4.31. The third kappa shape index (κ3) is 6.80. The molecule has 34 heavy (non-hydrogen) atoms. The van der Waals surface area contributed by atoms with Crippen molar-refractivity contribution < 1.29 is 18.3 Å². The Morgan fingerprint density at radius 2 is 1.68 bits per heavy atom. The molecule has 3 aromatic carbocycles. The molecule has 0 heterocycles. The number of carbonyl (C=O) groups is 1. The molecule has 1 fully saturated rings. The van der Waals surface area contributed by atoms with Gasteiger partial charge in [-0.2, -0.15) is 0 Å². The maximum atomic E-state index is 14.6. The Kier molecular flexibility index (Phi) is 8.12. The van der Waals surface area contributed by atoms with Gasteiger partial charge in [0.05, 0.1) is 11.4 Å². The molecule has 0 unspecified atom stereocenters. The third-order valence-corrected chi connectivity index (χ3v) is 6.21. The van der Waals surface area contributed by atoms with Crippen LogP contribution in [0.15, 0.2) is 66.7 Å². The van der Waals surface area contributed by atoms with Crippen molar-refractivity contribution in [1.29, 1.82) is 0 Å². The van der Waals surface area contributed by atoms with E-state index in [4.69, 9.17) is 4.74 Å². The second-order valence-electron chi connectivity index (χ2n) is 8.83. The van der Waals surface area contributed by atoms with Crippen molar-refractivity contribution in [2.45, 2.75) is 51.6 Å². The van der Waals surface area contributed by atoms with Crippen molar-refractivity contribution in [2.75, 3.05) is 10.6 Å². The van der Waals surface area contributed by atoms with E-state index in [0.717, 1.165) is 12.0 Å². The van der Waals surface area contributed by atoms with Crippen molar-refractivity contribution in [3.63, 3.8) is 0 Å². The van der Waals surface area contributed by atoms with Crippen molar-refractivity contribution in [2.24, 2.45) is 5.92 Å². The molecule has 0 bridgehead atoms. The van der Waals surface area contributed by atoms with Gasteiger partial charge in [0.15, 0.2) is 0 Å². The number of anilines is 3. The molecule has 0 radical (unpaired) electrons. The number of rotatable bonds is 9. The highest BCUT2D eigenvalue weighted by Crippen LogP contribution is 2.29. The van der Waals surface area contributed by atoms with E-state index in [1.54, 1.807) is 12.1 Å². The van der Waals surface area contributed by atoms with Crippen LogP contribution in [0.5, 0.6) is 5.75 Å². The normalized spacial score (nSPS) is 13.9. The fraction of sp³-hybridized carbons (Fsp3) is 0.321. The van der Waals surface area contributed by atoms with Crippen LogP contribution in [-0.2, 0) is 11.4 Å². The lowest BCUT2D eigenvalue weighted by molar-refractivity contribution is -0.116. The standard InChI is InChI=1S/C28H30F2N2O2/c29-24-14-12-22(17-27(24)32-28(33)16-11-20-7-3-1-4-8-20)31-26-15-13-23(18-25(26)30)34-19-21-9-5-2-6-10-21/h2,5-6,9-10,12-15,17-18,20,31H,1,3-4,7-8,11,16,19H2,(H,32,33). The second-order valence-corrected chi connectivity index (χ2v) is 8.83. The van der Waals surface area contributed by atoms with Gasteiger partial charge in [-0.15, -0.1) is 0 Å². The first-order valence-electron chi connectivity index (χ1n) is 11.9. The average molecular weight is 465 g/mol. The Bertz CT molecular complexity index is 1100. The number of hydrogen-bond donors (Lipinski definition) is 2. The predicted molar refractivity (Wildman–Crippen MR) is 131 cm³/mol. The molecular formula is C28H30F2N2O2. The summed E-state index contributed by atoms with van der Waals surface area (Å²) in [7, 11) is 0. The SMILES string of the molecule is O=C(CCC1CCCCC1)Nc1cc(Nc2ccc(OCc3ccccc3)cc2F)ccc1F. The maximum absolute atomic E-state index is 14.6. The molecule has 2 N–H and O–H groups in total. The van der Waals surface area contributed by atoms with Crippen LogP contribution in [0.4, 0.5) is 25.8 Å². The van der Waals surface area contributed by atoms with Crippen molar-refractivity contribution >= 4 is 23.0 Å². The largest absolute Gasteiger partial charge is 0.489 e. The van der Waals surface area contributed by atoms with Gasteiger partial charge in [-0.1, -0.05) is 62.4 Å². The molecule has 0 saturated heterocycles. The average Bonchev–Trinajstić information content (AvgIpc) is 2.86. The smallest absolute Gasteiger partial charge is 0.224 e. The second kappa shape index (κ2) is 11.6. The Morgan fingerprint density at radius 3 is 2.44 bits per heavy atom. The Balaban J connectivity index is 1.34. The summed E-state index contributed by atoms with van der Waals surface area (Å²) >= 11 is 0. The molecule has 0 atom stereocenters. The molecule has 1 amide bonds. The zero-order valence-corrected chi connectivity index (χ0v) is 19.2. The van der Waals surface area contributed by atoms with Gasteiger partial charge in [-0.25, -0.2) is 8.78 Å². The Hall–Kier alpha value is -3.41. The molecule has 1 aliphatic rings. The molecule has 1 aliphatic carbocycles. The van der Waals surface area contributed by atoms with E-state index < -0.39 is 11.6 Å². The molecule has 178 valence electrons. The molecule has 6 heteroatoms. The van der Waals surface area contributed by atoms with Crippen LogP contribution in [0, 0.1) is 17.6 Å². The lowest BCUT2D eigenvalue weighted by Gasteiger charge is -2.21. The van der Waals surface area contributed by atoms with Crippen LogP contribution in [0.1, 0.15) is 50.5 Å². The summed E-state index contributed by atoms with van der Waals surface area (Å²) in [6, 6.07) is 18.4. The third-order valence-electron chi connectivity index (χ3n) is 6.21. The maximum Gasteiger partial charge on any atom is 0.224 e. The number of carbonyl (C=O) groups excluding carboxylic acids is 1. The summed E-state index contributed by atoms with van der Waals surface area (Å²) in [6.45, 7) is 0.342. The summed E-state index contributed by atoms with van der Waals surface area (Å²) in [5.41, 5.74) is 1.78. The van der Waals surface area contributed by atoms with Gasteiger partial charge in [0, 0.05) is 18.2 Å². The van der Waals surface area contributed by atoms with Crippen LogP contribution < -0.4 is 15.4 Å². The lowest BCUT2D eigenvalue weighted by Crippen LogP contribution is -2.15. The molecular weight excluding hydrogens is 434 g/mol. The Labute approximate surface area is 199 Å². The predicted octanol–water partition coefficient (Wildman–Crippen LogP) is 7.59. The molecule has 0 spiro atoms. The summed E-state index contributed by atoms with van der Waals surface area (Å²) in [5, 5.41) is 5.61. The molecule has 3 aromatic rings. The molecule has 4 rings (SSSR count). The van der Waals surface area contributed by atoms with Gasteiger partial charge in [0.1, 0.15) is 24.0 Å². The van der Waals surface area contributed by atoms with E-state index >= 15 is 0 Å². The van der Waals surface area contributed by atoms with E-state index in [0.29, 0.717) is 30.4 Å². The van der Waals surface area contributed by atoms with Crippen LogP contribution in [-0.4, -0.2) is 5.91 Å². The highest BCUT2D eigenvalue weighted by molar-refractivity contribution is 5.91. The molecule has 0 aromatic heterocycles. The summed E-state index contributed by atoms with van der Waals surface area (Å²) in [4.78, 5) is 12.4. The minimum absolute atomic E-state index is 0.0851. The number of nitrogens with one attached hydrogen (secondary N) is 2. The first-order chi connectivity index (χ1) is 16.6. The zero-order chi connectivity index (χ0) is 23.8. The monoisotopic (exact) mass is 464 g/mol. The van der Waals surface area contributed by atoms with Crippen LogP contribution in [0.2, 0.25) is 0 Å². The minimum Gasteiger partial charge on any atom is -0.489 e. The minimum atomic E-state index is -0.526. The van der Waals surface area contributed by atoms with E-state index in [-0.39, 0.29) is 17.3 Å². The van der Waals surface area contributed by atoms with Gasteiger partial charge in [-0.3, -0.25) is 4.79 Å². The van der Waals surface area contributed by atoms with Crippen molar-refractivity contribution in [3.8, 4) is 5.75 Å². The summed E-state index contributed by atoms with van der Waals surface area (Å²) < 4.78 is 34.6. The van der Waals surface area contributed by atoms with Gasteiger partial charge in [0.25, 0.3) is 0 Å². The van der Waals surface area contributed by atoms with Gasteiger partial charge >= 0.3 is 0 Å². The van der Waals surface area contributed by atoms with E-state index in [9.17, 15) is 13.6 Å². The van der Waals surface area contributed by atoms with Crippen LogP contribution in [0.3, 0.4) is 0 Å². The molecule has 4 nitrogen and oxygen atoms in total. The quantitative estimate of drug-likeness (QED) is 0.343. The molecule has 0 aliphatic heterocycles.